The third-order valence-electron chi connectivity index (χ3n) is 8.80. The number of unbranched alkanes of at least 4 members (excludes halogenated alkanes) is 6. The summed E-state index contributed by atoms with van der Waals surface area (Å²) < 4.78 is 60.8. The first kappa shape index (κ1) is 47.1. The van der Waals surface area contributed by atoms with Gasteiger partial charge in [0.1, 0.15) is 13.1 Å². The molecule has 284 valence electrons. The molecular formula is C38H68N2O7S2. The number of rotatable bonds is 24. The average Bonchev–Trinajstić information content (AvgIpc) is 3.06. The molecule has 2 rings (SSSR count). The van der Waals surface area contributed by atoms with Crippen molar-refractivity contribution in [2.24, 2.45) is 0 Å². The molecule has 0 radical (unpaired) electrons. The molecule has 2 aromatic carbocycles. The van der Waals surface area contributed by atoms with Gasteiger partial charge in [-0.05, 0) is 38.5 Å². The van der Waals surface area contributed by atoms with Gasteiger partial charge in [-0.2, -0.15) is 3.63 Å². The van der Waals surface area contributed by atoms with E-state index in [1.165, 1.54) is 150 Å². The van der Waals surface area contributed by atoms with Crippen molar-refractivity contribution in [3.8, 4) is 0 Å². The lowest BCUT2D eigenvalue weighted by molar-refractivity contribution is -0.941. The molecule has 0 aliphatic heterocycles. The zero-order valence-electron chi connectivity index (χ0n) is 31.5. The van der Waals surface area contributed by atoms with E-state index in [1.807, 2.05) is 0 Å². The highest BCUT2D eigenvalue weighted by Crippen LogP contribution is 2.21. The molecule has 49 heavy (non-hydrogen) atoms. The zero-order valence-corrected chi connectivity index (χ0v) is 33.1. The molecule has 0 saturated heterocycles. The van der Waals surface area contributed by atoms with Crippen LogP contribution in [0.15, 0.2) is 60.7 Å². The highest BCUT2D eigenvalue weighted by atomic mass is 32.3. The molecule has 2 aromatic rings. The fraction of sp³-hybridized carbons (Fsp3) is 0.684. The van der Waals surface area contributed by atoms with Crippen molar-refractivity contribution in [3.05, 3.63) is 71.8 Å². The Balaban J connectivity index is 0.000000758. The van der Waals surface area contributed by atoms with Crippen molar-refractivity contribution < 1.29 is 38.5 Å². The summed E-state index contributed by atoms with van der Waals surface area (Å²) in [5.41, 5.74) is 3.02. The third kappa shape index (κ3) is 24.9. The molecule has 9 nitrogen and oxygen atoms in total. The van der Waals surface area contributed by atoms with Crippen molar-refractivity contribution in [1.82, 2.24) is 0 Å². The van der Waals surface area contributed by atoms with Gasteiger partial charge in [0.2, 0.25) is 20.8 Å². The van der Waals surface area contributed by atoms with Crippen LogP contribution < -0.4 is 0 Å². The maximum atomic E-state index is 9.29. The van der Waals surface area contributed by atoms with Crippen LogP contribution in [0.4, 0.5) is 0 Å². The number of benzene rings is 2. The molecule has 0 amide bonds. The molecule has 0 bridgehead atoms. The topological polar surface area (TPSA) is 124 Å². The van der Waals surface area contributed by atoms with Crippen molar-refractivity contribution >= 4 is 20.8 Å². The van der Waals surface area contributed by atoms with Crippen LogP contribution in [0, 0.1) is 0 Å². The van der Waals surface area contributed by atoms with Crippen LogP contribution >= 0.6 is 0 Å². The quantitative estimate of drug-likeness (QED) is 0.0602. The van der Waals surface area contributed by atoms with Crippen LogP contribution in [-0.2, 0) is 37.5 Å². The van der Waals surface area contributed by atoms with E-state index in [1.54, 1.807) is 0 Å². The Kier molecular flexibility index (Phi) is 25.9. The van der Waals surface area contributed by atoms with E-state index in [0.717, 1.165) is 0 Å². The predicted octanol–water partition coefficient (Wildman–Crippen LogP) is 8.73. The Morgan fingerprint density at radius 2 is 0.673 bits per heavy atom. The van der Waals surface area contributed by atoms with Crippen LogP contribution in [0.1, 0.15) is 130 Å². The Bertz CT molecular complexity index is 1130. The number of hydrogen-bond donors (Lipinski definition) is 0. The van der Waals surface area contributed by atoms with Crippen molar-refractivity contribution in [3.63, 3.8) is 0 Å². The van der Waals surface area contributed by atoms with Gasteiger partial charge in [-0.25, -0.2) is 16.8 Å². The largest absolute Gasteiger partial charge is 0.725 e. The summed E-state index contributed by atoms with van der Waals surface area (Å²) in [6.07, 6.45) is 16.0. The lowest BCUT2D eigenvalue weighted by Crippen LogP contribution is -2.49. The molecule has 0 atom stereocenters. The van der Waals surface area contributed by atoms with Crippen LogP contribution in [0.2, 0.25) is 0 Å². The molecule has 0 aliphatic carbocycles. The van der Waals surface area contributed by atoms with Crippen LogP contribution in [0.5, 0.6) is 0 Å². The van der Waals surface area contributed by atoms with Gasteiger partial charge < -0.3 is 18.1 Å². The first-order valence-electron chi connectivity index (χ1n) is 18.6. The second-order valence-corrected chi connectivity index (χ2v) is 15.5. The van der Waals surface area contributed by atoms with Gasteiger partial charge in [-0.15, -0.1) is 0 Å². The van der Waals surface area contributed by atoms with E-state index >= 15 is 0 Å². The Labute approximate surface area is 301 Å². The van der Waals surface area contributed by atoms with Crippen molar-refractivity contribution in [2.75, 3.05) is 39.3 Å². The summed E-state index contributed by atoms with van der Waals surface area (Å²) >= 11 is 0. The minimum absolute atomic E-state index is 1.22. The Morgan fingerprint density at radius 3 is 0.837 bits per heavy atom. The van der Waals surface area contributed by atoms with E-state index in [4.69, 9.17) is 0 Å². The first-order chi connectivity index (χ1) is 23.2. The molecule has 0 N–H and O–H groups in total. The van der Waals surface area contributed by atoms with Crippen LogP contribution in [0.25, 0.3) is 0 Å². The standard InChI is InChI=1S/2C19H34N.H2O7S2/c2*1-4-7-15-20(16-8-5-2,17-9-6-3)18-19-13-11-10-12-14-19;1-8(2,3)7-9(4,5)6/h2*10-14H,4-9,15-18H2,1-3H3;(H,1,2,3)(H,4,5,6)/q2*+1;/p-2. The fourth-order valence-corrected chi connectivity index (χ4v) is 6.97. The summed E-state index contributed by atoms with van der Waals surface area (Å²) in [5.74, 6) is 0. The highest BCUT2D eigenvalue weighted by molar-refractivity contribution is 7.94. The van der Waals surface area contributed by atoms with Gasteiger partial charge in [0, 0.05) is 11.1 Å². The van der Waals surface area contributed by atoms with E-state index < -0.39 is 20.8 Å². The lowest BCUT2D eigenvalue weighted by atomic mass is 10.1. The van der Waals surface area contributed by atoms with Gasteiger partial charge in [-0.3, -0.25) is 0 Å². The molecule has 0 aromatic heterocycles. The monoisotopic (exact) mass is 728 g/mol. The van der Waals surface area contributed by atoms with Gasteiger partial charge in [0.25, 0.3) is 0 Å². The second kappa shape index (κ2) is 26.9. The maximum Gasteiger partial charge on any atom is 0.231 e. The molecular weight excluding hydrogens is 661 g/mol. The van der Waals surface area contributed by atoms with Gasteiger partial charge in [-0.1, -0.05) is 141 Å². The minimum Gasteiger partial charge on any atom is -0.725 e. The maximum absolute atomic E-state index is 9.29. The predicted molar refractivity (Wildman–Crippen MR) is 200 cm³/mol. The molecule has 0 fully saturated rings. The van der Waals surface area contributed by atoms with Crippen LogP contribution in [-0.4, -0.2) is 74.2 Å². The smallest absolute Gasteiger partial charge is 0.231 e. The highest BCUT2D eigenvalue weighted by Gasteiger charge is 2.27. The van der Waals surface area contributed by atoms with E-state index in [9.17, 15) is 25.9 Å². The molecule has 0 aliphatic rings. The molecule has 0 spiro atoms. The summed E-state index contributed by atoms with van der Waals surface area (Å²) in [6, 6.07) is 22.2. The van der Waals surface area contributed by atoms with Gasteiger partial charge >= 0.3 is 0 Å². The Hall–Kier alpha value is -1.86. The van der Waals surface area contributed by atoms with Crippen molar-refractivity contribution in [2.45, 2.75) is 132 Å². The minimum atomic E-state index is -5.43. The number of hydrogen-bond acceptors (Lipinski definition) is 7. The van der Waals surface area contributed by atoms with Gasteiger partial charge in [0.05, 0.1) is 39.3 Å². The van der Waals surface area contributed by atoms with Crippen molar-refractivity contribution in [1.29, 1.82) is 0 Å². The van der Waals surface area contributed by atoms with E-state index in [2.05, 4.69) is 106 Å². The number of quaternary nitrogens is 2. The van der Waals surface area contributed by atoms with Gasteiger partial charge in [0.15, 0.2) is 0 Å². The average molecular weight is 729 g/mol. The Morgan fingerprint density at radius 1 is 0.449 bits per heavy atom. The van der Waals surface area contributed by atoms with E-state index in [-0.39, 0.29) is 0 Å². The molecule has 11 heteroatoms. The molecule has 0 saturated carbocycles. The SMILES string of the molecule is CCCC[N+](CCCC)(CCCC)Cc1ccccc1.CCCC[N+](CCCC)(CCCC)Cc1ccccc1.O=S(=O)([O-])OS(=O)(=O)[O-]. The summed E-state index contributed by atoms with van der Waals surface area (Å²) in [4.78, 5) is 0. The molecule has 0 unspecified atom stereocenters. The summed E-state index contributed by atoms with van der Waals surface area (Å²) in [5, 5.41) is 0. The fourth-order valence-electron chi connectivity index (χ4n) is 6.15. The first-order valence-corrected chi connectivity index (χ1v) is 21.3. The number of nitrogens with zero attached hydrogens (tertiary/aromatic N) is 2. The normalized spacial score (nSPS) is 12.1. The van der Waals surface area contributed by atoms with E-state index in [0.29, 0.717) is 0 Å². The summed E-state index contributed by atoms with van der Waals surface area (Å²) in [6.45, 7) is 24.5. The molecule has 0 heterocycles. The zero-order chi connectivity index (χ0) is 37.1. The summed E-state index contributed by atoms with van der Waals surface area (Å²) in [7, 11) is -10.9. The lowest BCUT2D eigenvalue weighted by Gasteiger charge is -2.39. The van der Waals surface area contributed by atoms with Crippen LogP contribution in [0.3, 0.4) is 0 Å². The second-order valence-electron chi connectivity index (χ2n) is 13.3. The third-order valence-corrected chi connectivity index (χ3v) is 10.1.